The van der Waals surface area contributed by atoms with E-state index in [9.17, 15) is 4.79 Å². The van der Waals surface area contributed by atoms with E-state index in [4.69, 9.17) is 14.2 Å². The summed E-state index contributed by atoms with van der Waals surface area (Å²) in [5.41, 5.74) is 1.35. The second-order valence-electron chi connectivity index (χ2n) is 3.84. The van der Waals surface area contributed by atoms with Crippen LogP contribution in [0.4, 0.5) is 0 Å². The third-order valence-corrected chi connectivity index (χ3v) is 2.73. The number of nitrogens with one attached hydrogen (secondary N) is 1. The number of fused-ring (bicyclic) bond motifs is 1. The Kier molecular flexibility index (Phi) is 3.53. The molecule has 0 aliphatic carbocycles. The van der Waals surface area contributed by atoms with E-state index in [0.717, 1.165) is 10.9 Å². The molecule has 2 aromatic rings. The van der Waals surface area contributed by atoms with Gasteiger partial charge in [0.15, 0.2) is 11.5 Å². The molecule has 0 saturated heterocycles. The molecule has 0 aliphatic heterocycles. The summed E-state index contributed by atoms with van der Waals surface area (Å²) in [5, 5.41) is 0.883. The molecule has 0 unspecified atom stereocenters. The summed E-state index contributed by atoms with van der Waals surface area (Å²) in [7, 11) is 4.72. The molecule has 0 aliphatic rings. The average Bonchev–Trinajstić information content (AvgIpc) is 2.37. The number of ether oxygens (including phenoxy) is 3. The molecule has 1 N–H and O–H groups in total. The molecule has 5 nitrogen and oxygen atoms in total. The maximum Gasteiger partial charge on any atom is 0.248 e. The lowest BCUT2D eigenvalue weighted by Gasteiger charge is -2.11. The van der Waals surface area contributed by atoms with Crippen molar-refractivity contribution in [2.75, 3.05) is 21.3 Å². The number of H-pyrrole nitrogens is 1. The number of methoxy groups -OCH3 is 3. The fourth-order valence-corrected chi connectivity index (χ4v) is 1.93. The normalized spacial score (nSPS) is 10.6. The van der Waals surface area contributed by atoms with Gasteiger partial charge in [0.2, 0.25) is 5.56 Å². The van der Waals surface area contributed by atoms with Crippen LogP contribution in [-0.4, -0.2) is 26.3 Å². The van der Waals surface area contributed by atoms with Crippen LogP contribution < -0.4 is 15.0 Å². The quantitative estimate of drug-likeness (QED) is 0.895. The summed E-state index contributed by atoms with van der Waals surface area (Å²) < 4.78 is 15.6. The summed E-state index contributed by atoms with van der Waals surface area (Å²) >= 11 is 0. The van der Waals surface area contributed by atoms with Crippen molar-refractivity contribution in [3.8, 4) is 11.5 Å². The number of pyridine rings is 1. The van der Waals surface area contributed by atoms with Gasteiger partial charge in [0.1, 0.15) is 0 Å². The maximum absolute atomic E-state index is 11.6. The number of aromatic nitrogens is 1. The SMILES string of the molecule is COCc1cc(=O)[nH]c2cc(OC)c(OC)cc12. The van der Waals surface area contributed by atoms with Gasteiger partial charge in [-0.25, -0.2) is 0 Å². The molecule has 0 atom stereocenters. The van der Waals surface area contributed by atoms with E-state index < -0.39 is 0 Å². The standard InChI is InChI=1S/C13H15NO4/c1-16-7-8-4-13(15)14-10-6-12(18-3)11(17-2)5-9(8)10/h4-6H,7H2,1-3H3,(H,14,15). The van der Waals surface area contributed by atoms with Crippen LogP contribution in [-0.2, 0) is 11.3 Å². The Morgan fingerprint density at radius 1 is 1.06 bits per heavy atom. The Labute approximate surface area is 104 Å². The highest BCUT2D eigenvalue weighted by molar-refractivity contribution is 5.85. The summed E-state index contributed by atoms with van der Waals surface area (Å²) in [6.07, 6.45) is 0. The lowest BCUT2D eigenvalue weighted by molar-refractivity contribution is 0.186. The minimum atomic E-state index is -0.165. The second kappa shape index (κ2) is 5.10. The van der Waals surface area contributed by atoms with Crippen molar-refractivity contribution in [3.05, 3.63) is 34.1 Å². The Morgan fingerprint density at radius 2 is 1.72 bits per heavy atom. The lowest BCUT2D eigenvalue weighted by Crippen LogP contribution is -2.07. The van der Waals surface area contributed by atoms with Crippen LogP contribution >= 0.6 is 0 Å². The second-order valence-corrected chi connectivity index (χ2v) is 3.84. The molecule has 0 amide bonds. The third-order valence-electron chi connectivity index (χ3n) is 2.73. The first-order valence-electron chi connectivity index (χ1n) is 5.46. The summed E-state index contributed by atoms with van der Waals surface area (Å²) in [6.45, 7) is 0.371. The van der Waals surface area contributed by atoms with Crippen molar-refractivity contribution in [1.29, 1.82) is 0 Å². The van der Waals surface area contributed by atoms with Gasteiger partial charge in [-0.15, -0.1) is 0 Å². The van der Waals surface area contributed by atoms with E-state index in [1.165, 1.54) is 6.07 Å². The Morgan fingerprint density at radius 3 is 2.33 bits per heavy atom. The number of benzene rings is 1. The Balaban J connectivity index is 2.75. The van der Waals surface area contributed by atoms with Gasteiger partial charge in [-0.2, -0.15) is 0 Å². The molecule has 1 heterocycles. The van der Waals surface area contributed by atoms with E-state index in [0.29, 0.717) is 23.6 Å². The number of aromatic amines is 1. The first-order valence-corrected chi connectivity index (χ1v) is 5.46. The van der Waals surface area contributed by atoms with Crippen LogP contribution in [0, 0.1) is 0 Å². The highest BCUT2D eigenvalue weighted by atomic mass is 16.5. The van der Waals surface area contributed by atoms with Gasteiger partial charge >= 0.3 is 0 Å². The molecule has 0 bridgehead atoms. The third kappa shape index (κ3) is 2.17. The zero-order valence-electron chi connectivity index (χ0n) is 10.6. The van der Waals surface area contributed by atoms with Gasteiger partial charge < -0.3 is 19.2 Å². The van der Waals surface area contributed by atoms with Crippen LogP contribution in [0.1, 0.15) is 5.56 Å². The maximum atomic E-state index is 11.6. The minimum Gasteiger partial charge on any atom is -0.493 e. The van der Waals surface area contributed by atoms with Gasteiger partial charge in [0, 0.05) is 24.6 Å². The molecular weight excluding hydrogens is 234 g/mol. The van der Waals surface area contributed by atoms with E-state index in [1.807, 2.05) is 6.07 Å². The lowest BCUT2D eigenvalue weighted by atomic mass is 10.1. The highest BCUT2D eigenvalue weighted by Crippen LogP contribution is 2.32. The molecule has 2 rings (SSSR count). The van der Waals surface area contributed by atoms with Gasteiger partial charge in [0.05, 0.1) is 26.3 Å². The molecular formula is C13H15NO4. The van der Waals surface area contributed by atoms with Crippen LogP contribution in [0.2, 0.25) is 0 Å². The van der Waals surface area contributed by atoms with E-state index in [1.54, 1.807) is 27.4 Å². The van der Waals surface area contributed by atoms with Gasteiger partial charge in [-0.3, -0.25) is 4.79 Å². The fourth-order valence-electron chi connectivity index (χ4n) is 1.93. The van der Waals surface area contributed by atoms with Crippen molar-refractivity contribution in [3.63, 3.8) is 0 Å². The van der Waals surface area contributed by atoms with Crippen LogP contribution in [0.3, 0.4) is 0 Å². The summed E-state index contributed by atoms with van der Waals surface area (Å²) in [6, 6.07) is 5.10. The molecule has 18 heavy (non-hydrogen) atoms. The Hall–Kier alpha value is -2.01. The van der Waals surface area contributed by atoms with Crippen molar-refractivity contribution in [1.82, 2.24) is 4.98 Å². The zero-order valence-corrected chi connectivity index (χ0v) is 10.6. The molecule has 96 valence electrons. The molecule has 1 aromatic carbocycles. The topological polar surface area (TPSA) is 60.6 Å². The van der Waals surface area contributed by atoms with Crippen molar-refractivity contribution in [2.45, 2.75) is 6.61 Å². The van der Waals surface area contributed by atoms with Crippen molar-refractivity contribution >= 4 is 10.9 Å². The molecule has 0 saturated carbocycles. The molecule has 1 aromatic heterocycles. The van der Waals surface area contributed by atoms with Crippen LogP contribution in [0.5, 0.6) is 11.5 Å². The van der Waals surface area contributed by atoms with Gasteiger partial charge in [-0.05, 0) is 11.6 Å². The van der Waals surface area contributed by atoms with Gasteiger partial charge in [0.25, 0.3) is 0 Å². The molecule has 0 fully saturated rings. The predicted molar refractivity (Wildman–Crippen MR) is 68.4 cm³/mol. The summed E-state index contributed by atoms with van der Waals surface area (Å²) in [4.78, 5) is 14.3. The average molecular weight is 249 g/mol. The minimum absolute atomic E-state index is 0.165. The highest BCUT2D eigenvalue weighted by Gasteiger charge is 2.10. The molecule has 0 radical (unpaired) electrons. The smallest absolute Gasteiger partial charge is 0.248 e. The largest absolute Gasteiger partial charge is 0.493 e. The Bertz CT molecular complexity index is 618. The zero-order chi connectivity index (χ0) is 13.1. The number of rotatable bonds is 4. The number of hydrogen-bond donors (Lipinski definition) is 1. The van der Waals surface area contributed by atoms with E-state index in [-0.39, 0.29) is 5.56 Å². The summed E-state index contributed by atoms with van der Waals surface area (Å²) in [5.74, 6) is 1.20. The van der Waals surface area contributed by atoms with Crippen LogP contribution in [0.25, 0.3) is 10.9 Å². The predicted octanol–water partition coefficient (Wildman–Crippen LogP) is 1.69. The number of hydrogen-bond acceptors (Lipinski definition) is 4. The van der Waals surface area contributed by atoms with Crippen molar-refractivity contribution < 1.29 is 14.2 Å². The fraction of sp³-hybridized carbons (Fsp3) is 0.308. The molecule has 0 spiro atoms. The first kappa shape index (κ1) is 12.4. The van der Waals surface area contributed by atoms with Crippen molar-refractivity contribution in [2.24, 2.45) is 0 Å². The molecule has 5 heteroatoms. The van der Waals surface area contributed by atoms with Crippen LogP contribution in [0.15, 0.2) is 23.0 Å². The van der Waals surface area contributed by atoms with Gasteiger partial charge in [-0.1, -0.05) is 0 Å². The monoisotopic (exact) mass is 249 g/mol. The van der Waals surface area contributed by atoms with E-state index in [2.05, 4.69) is 4.98 Å². The van der Waals surface area contributed by atoms with E-state index >= 15 is 0 Å². The first-order chi connectivity index (χ1) is 8.69.